The summed E-state index contributed by atoms with van der Waals surface area (Å²) in [5.74, 6) is -0.810. The van der Waals surface area contributed by atoms with E-state index in [1.807, 2.05) is 6.92 Å². The van der Waals surface area contributed by atoms with E-state index in [0.29, 0.717) is 30.9 Å². The first-order valence-electron chi connectivity index (χ1n) is 8.27. The fourth-order valence-electron chi connectivity index (χ4n) is 2.78. The molecule has 3 rings (SSSR count). The fraction of sp³-hybridized carbons (Fsp3) is 0.278. The summed E-state index contributed by atoms with van der Waals surface area (Å²) in [5.41, 5.74) is 0.782. The van der Waals surface area contributed by atoms with Crippen molar-refractivity contribution in [1.82, 2.24) is 9.62 Å². The highest BCUT2D eigenvalue weighted by Gasteiger charge is 2.28. The van der Waals surface area contributed by atoms with Crippen LogP contribution in [-0.2, 0) is 10.0 Å². The van der Waals surface area contributed by atoms with Crippen LogP contribution in [0.1, 0.15) is 17.3 Å². The highest BCUT2D eigenvalue weighted by Crippen LogP contribution is 2.20. The third kappa shape index (κ3) is 4.09. The van der Waals surface area contributed by atoms with Crippen molar-refractivity contribution in [2.24, 2.45) is 0 Å². The fourth-order valence-corrected chi connectivity index (χ4v) is 4.31. The lowest BCUT2D eigenvalue weighted by molar-refractivity contribution is 0.102. The van der Waals surface area contributed by atoms with Gasteiger partial charge in [-0.25, -0.2) is 12.8 Å². The highest BCUT2D eigenvalue weighted by atomic mass is 32.2. The van der Waals surface area contributed by atoms with E-state index in [4.69, 9.17) is 0 Å². The molecule has 1 atom stereocenters. The Hall–Kier alpha value is -2.29. The molecule has 6 nitrogen and oxygen atoms in total. The quantitative estimate of drug-likeness (QED) is 0.855. The largest absolute Gasteiger partial charge is 0.322 e. The summed E-state index contributed by atoms with van der Waals surface area (Å²) < 4.78 is 39.8. The predicted octanol–water partition coefficient (Wildman–Crippen LogP) is 2.06. The van der Waals surface area contributed by atoms with Crippen molar-refractivity contribution in [3.05, 3.63) is 59.9 Å². The van der Waals surface area contributed by atoms with Gasteiger partial charge in [-0.1, -0.05) is 0 Å². The van der Waals surface area contributed by atoms with Crippen LogP contribution in [-0.4, -0.2) is 44.3 Å². The van der Waals surface area contributed by atoms with Gasteiger partial charge in [0.25, 0.3) is 5.91 Å². The van der Waals surface area contributed by atoms with Crippen LogP contribution in [0, 0.1) is 5.82 Å². The van der Waals surface area contributed by atoms with Crippen LogP contribution in [0.5, 0.6) is 0 Å². The summed E-state index contributed by atoms with van der Waals surface area (Å²) >= 11 is 0. The molecular weight excluding hydrogens is 357 g/mol. The topological polar surface area (TPSA) is 78.5 Å². The number of hydrogen-bond acceptors (Lipinski definition) is 4. The first-order valence-corrected chi connectivity index (χ1v) is 9.71. The molecule has 1 heterocycles. The molecule has 1 amide bonds. The summed E-state index contributed by atoms with van der Waals surface area (Å²) in [5, 5.41) is 5.87. The van der Waals surface area contributed by atoms with E-state index in [2.05, 4.69) is 10.6 Å². The summed E-state index contributed by atoms with van der Waals surface area (Å²) in [4.78, 5) is 12.3. The number of carbonyl (C=O) groups excluding carboxylic acids is 1. The van der Waals surface area contributed by atoms with Gasteiger partial charge >= 0.3 is 0 Å². The minimum Gasteiger partial charge on any atom is -0.322 e. The molecule has 1 saturated heterocycles. The second-order valence-corrected chi connectivity index (χ2v) is 8.14. The van der Waals surface area contributed by atoms with Crippen LogP contribution in [0.15, 0.2) is 53.4 Å². The van der Waals surface area contributed by atoms with Gasteiger partial charge in [-0.3, -0.25) is 4.79 Å². The lowest BCUT2D eigenvalue weighted by Gasteiger charge is -2.31. The van der Waals surface area contributed by atoms with E-state index in [-0.39, 0.29) is 10.9 Å². The number of amides is 1. The van der Waals surface area contributed by atoms with Gasteiger partial charge < -0.3 is 10.6 Å². The Kier molecular flexibility index (Phi) is 5.36. The summed E-state index contributed by atoms with van der Waals surface area (Å²) in [6.07, 6.45) is 0. The average Bonchev–Trinajstić information content (AvgIpc) is 2.62. The number of halogens is 1. The molecular formula is C18H20FN3O3S. The molecule has 0 aromatic heterocycles. The predicted molar refractivity (Wildman–Crippen MR) is 97.0 cm³/mol. The maximum atomic E-state index is 12.9. The zero-order chi connectivity index (χ0) is 18.7. The van der Waals surface area contributed by atoms with Crippen molar-refractivity contribution in [1.29, 1.82) is 0 Å². The lowest BCUT2D eigenvalue weighted by Crippen LogP contribution is -2.51. The average molecular weight is 377 g/mol. The molecule has 1 fully saturated rings. The molecule has 1 aliphatic rings. The van der Waals surface area contributed by atoms with Crippen LogP contribution in [0.25, 0.3) is 0 Å². The zero-order valence-corrected chi connectivity index (χ0v) is 15.1. The number of nitrogens with zero attached hydrogens (tertiary/aromatic N) is 1. The molecule has 2 aromatic rings. The van der Waals surface area contributed by atoms with Crippen LogP contribution in [0.3, 0.4) is 0 Å². The SMILES string of the molecule is CC1CN(S(=O)(=O)c2ccc(NC(=O)c3ccc(F)cc3)cc2)CCN1. The van der Waals surface area contributed by atoms with E-state index < -0.39 is 21.7 Å². The number of benzene rings is 2. The van der Waals surface area contributed by atoms with E-state index >= 15 is 0 Å². The van der Waals surface area contributed by atoms with Crippen LogP contribution >= 0.6 is 0 Å². The van der Waals surface area contributed by atoms with Gasteiger partial charge in [-0.05, 0) is 55.5 Å². The number of piperazine rings is 1. The monoisotopic (exact) mass is 377 g/mol. The number of rotatable bonds is 4. The zero-order valence-electron chi connectivity index (χ0n) is 14.3. The molecule has 8 heteroatoms. The Labute approximate surface area is 152 Å². The van der Waals surface area contributed by atoms with E-state index in [1.165, 1.54) is 40.7 Å². The lowest BCUT2D eigenvalue weighted by atomic mass is 10.2. The molecule has 0 aliphatic carbocycles. The third-order valence-corrected chi connectivity index (χ3v) is 6.07. The van der Waals surface area contributed by atoms with Crippen molar-refractivity contribution in [2.75, 3.05) is 25.0 Å². The first-order chi connectivity index (χ1) is 12.4. The molecule has 2 aromatic carbocycles. The molecule has 138 valence electrons. The minimum absolute atomic E-state index is 0.104. The molecule has 2 N–H and O–H groups in total. The number of nitrogens with one attached hydrogen (secondary N) is 2. The highest BCUT2D eigenvalue weighted by molar-refractivity contribution is 7.89. The van der Waals surface area contributed by atoms with Crippen molar-refractivity contribution in [3.63, 3.8) is 0 Å². The standard InChI is InChI=1S/C18H20FN3O3S/c1-13-12-22(11-10-20-13)26(24,25)17-8-6-16(7-9-17)21-18(23)14-2-4-15(19)5-3-14/h2-9,13,20H,10-12H2,1H3,(H,21,23). The second-order valence-electron chi connectivity index (χ2n) is 6.20. The van der Waals surface area contributed by atoms with Gasteiger partial charge in [0.2, 0.25) is 10.0 Å². The van der Waals surface area contributed by atoms with Crippen LogP contribution < -0.4 is 10.6 Å². The van der Waals surface area contributed by atoms with E-state index in [9.17, 15) is 17.6 Å². The molecule has 26 heavy (non-hydrogen) atoms. The van der Waals surface area contributed by atoms with Gasteiger partial charge in [0.05, 0.1) is 4.90 Å². The summed E-state index contributed by atoms with van der Waals surface area (Å²) in [7, 11) is -3.56. The van der Waals surface area contributed by atoms with Crippen LogP contribution in [0.4, 0.5) is 10.1 Å². The Balaban J connectivity index is 1.71. The van der Waals surface area contributed by atoms with Gasteiger partial charge in [0, 0.05) is 36.9 Å². The molecule has 0 bridgehead atoms. The first kappa shape index (κ1) is 18.5. The molecule has 0 radical (unpaired) electrons. The molecule has 0 saturated carbocycles. The molecule has 0 spiro atoms. The number of sulfonamides is 1. The smallest absolute Gasteiger partial charge is 0.255 e. The van der Waals surface area contributed by atoms with Gasteiger partial charge in [-0.2, -0.15) is 4.31 Å². The van der Waals surface area contributed by atoms with Crippen molar-refractivity contribution >= 4 is 21.6 Å². The number of hydrogen-bond donors (Lipinski definition) is 2. The van der Waals surface area contributed by atoms with Gasteiger partial charge in [0.1, 0.15) is 5.82 Å². The number of carbonyl (C=O) groups is 1. The van der Waals surface area contributed by atoms with Crippen molar-refractivity contribution in [3.8, 4) is 0 Å². The second kappa shape index (κ2) is 7.53. The Morgan fingerprint density at radius 1 is 1.15 bits per heavy atom. The minimum atomic E-state index is -3.56. The van der Waals surface area contributed by atoms with Gasteiger partial charge in [-0.15, -0.1) is 0 Å². The summed E-state index contributed by atoms with van der Waals surface area (Å²) in [6.45, 7) is 3.41. The summed E-state index contributed by atoms with van der Waals surface area (Å²) in [6, 6.07) is 11.3. The van der Waals surface area contributed by atoms with Gasteiger partial charge in [0.15, 0.2) is 0 Å². The Bertz CT molecular complexity index is 883. The Morgan fingerprint density at radius 3 is 2.42 bits per heavy atom. The maximum Gasteiger partial charge on any atom is 0.255 e. The third-order valence-electron chi connectivity index (χ3n) is 4.19. The normalized spacial score (nSPS) is 18.5. The van der Waals surface area contributed by atoms with Crippen molar-refractivity contribution < 1.29 is 17.6 Å². The number of anilines is 1. The van der Waals surface area contributed by atoms with E-state index in [0.717, 1.165) is 0 Å². The van der Waals surface area contributed by atoms with Crippen molar-refractivity contribution in [2.45, 2.75) is 17.9 Å². The maximum absolute atomic E-state index is 12.9. The van der Waals surface area contributed by atoms with E-state index in [1.54, 1.807) is 12.1 Å². The van der Waals surface area contributed by atoms with Crippen LogP contribution in [0.2, 0.25) is 0 Å². The molecule has 1 unspecified atom stereocenters. The Morgan fingerprint density at radius 2 is 1.81 bits per heavy atom. The molecule has 1 aliphatic heterocycles.